The Hall–Kier alpha value is -3.15. The van der Waals surface area contributed by atoms with Crippen molar-refractivity contribution in [1.29, 1.82) is 0 Å². The highest BCUT2D eigenvalue weighted by molar-refractivity contribution is 5.99. The van der Waals surface area contributed by atoms with E-state index in [1.54, 1.807) is 0 Å². The zero-order valence-electron chi connectivity index (χ0n) is 14.9. The third-order valence-corrected chi connectivity index (χ3v) is 4.43. The summed E-state index contributed by atoms with van der Waals surface area (Å²) in [6.07, 6.45) is 0.378. The third-order valence-electron chi connectivity index (χ3n) is 4.43. The Bertz CT molecular complexity index is 787. The van der Waals surface area contributed by atoms with E-state index in [0.717, 1.165) is 11.3 Å². The second-order valence-electron chi connectivity index (χ2n) is 5.90. The van der Waals surface area contributed by atoms with E-state index in [-0.39, 0.29) is 5.97 Å². The summed E-state index contributed by atoms with van der Waals surface area (Å²) in [7, 11) is 1.37. The van der Waals surface area contributed by atoms with E-state index in [4.69, 9.17) is 14.7 Å². The lowest BCUT2D eigenvalue weighted by molar-refractivity contribution is -0.141. The van der Waals surface area contributed by atoms with Crippen LogP contribution in [-0.2, 0) is 14.3 Å². The average Bonchev–Trinajstić information content (AvgIpc) is 3.14. The van der Waals surface area contributed by atoms with Crippen LogP contribution in [0.2, 0.25) is 0 Å². The van der Waals surface area contributed by atoms with Gasteiger partial charge in [0, 0.05) is 12.1 Å². The maximum Gasteiger partial charge on any atom is 0.328 e. The van der Waals surface area contributed by atoms with Crippen molar-refractivity contribution in [2.24, 2.45) is 5.16 Å². The Labute approximate surface area is 152 Å². The zero-order valence-corrected chi connectivity index (χ0v) is 14.9. The molecule has 2 aromatic rings. The van der Waals surface area contributed by atoms with Gasteiger partial charge in [0.25, 0.3) is 0 Å². The number of oxime groups is 1. The number of hydrogen-bond donors (Lipinski definition) is 1. The molecule has 1 N–H and O–H groups in total. The van der Waals surface area contributed by atoms with Gasteiger partial charge in [-0.3, -0.25) is 0 Å². The summed E-state index contributed by atoms with van der Waals surface area (Å²) in [5.74, 6) is -0.323. The quantitative estimate of drug-likeness (QED) is 0.521. The second-order valence-corrected chi connectivity index (χ2v) is 5.90. The summed E-state index contributed by atoms with van der Waals surface area (Å²) in [4.78, 5) is 21.9. The van der Waals surface area contributed by atoms with Gasteiger partial charge in [-0.25, -0.2) is 4.79 Å². The number of hydrogen-bond acceptors (Lipinski definition) is 6. The van der Waals surface area contributed by atoms with E-state index in [9.17, 15) is 4.79 Å². The molecule has 3 rings (SSSR count). The molecular weight excluding hydrogens is 332 g/mol. The SMILES string of the molecule is C=O.COC(=O)[C@@H]1C/C(=N/O)CN1c1ccc(-c2ccccc2C)cc1. The number of esters is 1. The highest BCUT2D eigenvalue weighted by Crippen LogP contribution is 2.29. The molecule has 0 bridgehead atoms. The number of benzene rings is 2. The Kier molecular flexibility index (Phi) is 6.49. The molecule has 0 spiro atoms. The summed E-state index contributed by atoms with van der Waals surface area (Å²) in [6, 6.07) is 15.8. The molecule has 1 aliphatic heterocycles. The van der Waals surface area contributed by atoms with Gasteiger partial charge in [0.1, 0.15) is 12.8 Å². The van der Waals surface area contributed by atoms with Crippen molar-refractivity contribution < 1.29 is 19.5 Å². The number of aryl methyl sites for hydroxylation is 1. The van der Waals surface area contributed by atoms with Crippen molar-refractivity contribution in [3.8, 4) is 11.1 Å². The molecular formula is C20H22N2O4. The minimum absolute atomic E-state index is 0.323. The minimum Gasteiger partial charge on any atom is -0.467 e. The molecule has 6 nitrogen and oxygen atoms in total. The molecule has 6 heteroatoms. The van der Waals surface area contributed by atoms with Gasteiger partial charge >= 0.3 is 5.97 Å². The second kappa shape index (κ2) is 8.80. The largest absolute Gasteiger partial charge is 0.467 e. The fraction of sp³-hybridized carbons (Fsp3) is 0.250. The van der Waals surface area contributed by atoms with Crippen molar-refractivity contribution in [3.05, 3.63) is 54.1 Å². The van der Waals surface area contributed by atoms with E-state index >= 15 is 0 Å². The van der Waals surface area contributed by atoms with Crippen molar-refractivity contribution in [1.82, 2.24) is 0 Å². The molecule has 2 aromatic carbocycles. The van der Waals surface area contributed by atoms with Crippen LogP contribution in [0, 0.1) is 6.92 Å². The van der Waals surface area contributed by atoms with Crippen molar-refractivity contribution in [2.45, 2.75) is 19.4 Å². The number of rotatable bonds is 3. The van der Waals surface area contributed by atoms with Crippen LogP contribution < -0.4 is 4.90 Å². The van der Waals surface area contributed by atoms with Crippen molar-refractivity contribution >= 4 is 24.2 Å². The summed E-state index contributed by atoms with van der Waals surface area (Å²) >= 11 is 0. The molecule has 1 heterocycles. The third kappa shape index (κ3) is 3.91. The summed E-state index contributed by atoms with van der Waals surface area (Å²) in [6.45, 7) is 4.50. The van der Waals surface area contributed by atoms with Crippen LogP contribution in [0.5, 0.6) is 0 Å². The Morgan fingerprint density at radius 1 is 1.19 bits per heavy atom. The summed E-state index contributed by atoms with van der Waals surface area (Å²) < 4.78 is 4.87. The van der Waals surface area contributed by atoms with Crippen LogP contribution in [0.4, 0.5) is 5.69 Å². The Morgan fingerprint density at radius 3 is 2.42 bits per heavy atom. The van der Waals surface area contributed by atoms with Gasteiger partial charge in [0.05, 0.1) is 19.4 Å². The first-order chi connectivity index (χ1) is 12.6. The molecule has 0 amide bonds. The van der Waals surface area contributed by atoms with Gasteiger partial charge in [-0.2, -0.15) is 0 Å². The van der Waals surface area contributed by atoms with E-state index < -0.39 is 6.04 Å². The predicted molar refractivity (Wildman–Crippen MR) is 101 cm³/mol. The molecule has 1 fully saturated rings. The fourth-order valence-electron chi connectivity index (χ4n) is 3.12. The minimum atomic E-state index is -0.454. The highest BCUT2D eigenvalue weighted by Gasteiger charge is 2.35. The number of carbonyl (C=O) groups excluding carboxylic acids is 2. The monoisotopic (exact) mass is 354 g/mol. The first kappa shape index (κ1) is 19.2. The normalized spacial score (nSPS) is 17.5. The summed E-state index contributed by atoms with van der Waals surface area (Å²) in [5.41, 5.74) is 5.01. The van der Waals surface area contributed by atoms with Crippen LogP contribution in [-0.4, -0.2) is 43.4 Å². The number of carbonyl (C=O) groups is 2. The topological polar surface area (TPSA) is 79.2 Å². The molecule has 1 atom stereocenters. The van der Waals surface area contributed by atoms with Gasteiger partial charge in [-0.05, 0) is 35.7 Å². The number of nitrogens with zero attached hydrogens (tertiary/aromatic N) is 2. The van der Waals surface area contributed by atoms with Crippen molar-refractivity contribution in [2.75, 3.05) is 18.6 Å². The predicted octanol–water partition coefficient (Wildman–Crippen LogP) is 3.06. The zero-order chi connectivity index (χ0) is 19.1. The fourth-order valence-corrected chi connectivity index (χ4v) is 3.12. The van der Waals surface area contributed by atoms with Crippen molar-refractivity contribution in [3.63, 3.8) is 0 Å². The lowest BCUT2D eigenvalue weighted by Crippen LogP contribution is -2.36. The van der Waals surface area contributed by atoms with Gasteiger partial charge in [-0.1, -0.05) is 41.6 Å². The highest BCUT2D eigenvalue weighted by atomic mass is 16.5. The standard InChI is InChI=1S/C19H20N2O3.CH2O/c1-13-5-3-4-6-17(13)14-7-9-16(10-8-14)21-12-15(20-23)11-18(21)19(22)24-2;1-2/h3-10,18,23H,11-12H2,1-2H3;1H2/b20-15-;/t18-;/m0./s1. The maximum absolute atomic E-state index is 12.0. The van der Waals surface area contributed by atoms with Gasteiger partial charge in [0.15, 0.2) is 0 Å². The maximum atomic E-state index is 12.0. The van der Waals surface area contributed by atoms with E-state index in [0.29, 0.717) is 18.7 Å². The van der Waals surface area contributed by atoms with Gasteiger partial charge < -0.3 is 19.6 Å². The van der Waals surface area contributed by atoms with Gasteiger partial charge in [-0.15, -0.1) is 0 Å². The molecule has 1 aliphatic rings. The van der Waals surface area contributed by atoms with E-state index in [2.05, 4.69) is 24.2 Å². The van der Waals surface area contributed by atoms with E-state index in [1.807, 2.05) is 48.1 Å². The smallest absolute Gasteiger partial charge is 0.328 e. The first-order valence-corrected chi connectivity index (χ1v) is 8.13. The molecule has 0 saturated carbocycles. The van der Waals surface area contributed by atoms with Crippen LogP contribution >= 0.6 is 0 Å². The molecule has 0 radical (unpaired) electrons. The first-order valence-electron chi connectivity index (χ1n) is 8.13. The Balaban J connectivity index is 0.00000117. The lowest BCUT2D eigenvalue weighted by atomic mass is 10.0. The van der Waals surface area contributed by atoms with E-state index in [1.165, 1.54) is 18.2 Å². The molecule has 26 heavy (non-hydrogen) atoms. The van der Waals surface area contributed by atoms with Crippen LogP contribution in [0.15, 0.2) is 53.7 Å². The average molecular weight is 354 g/mol. The molecule has 0 aliphatic carbocycles. The molecule has 136 valence electrons. The molecule has 0 aromatic heterocycles. The van der Waals surface area contributed by atoms with Crippen LogP contribution in [0.3, 0.4) is 0 Å². The number of anilines is 1. The van der Waals surface area contributed by atoms with Gasteiger partial charge in [0.2, 0.25) is 0 Å². The van der Waals surface area contributed by atoms with Crippen LogP contribution in [0.25, 0.3) is 11.1 Å². The summed E-state index contributed by atoms with van der Waals surface area (Å²) in [5, 5.41) is 12.3. The molecule has 1 saturated heterocycles. The number of methoxy groups -OCH3 is 1. The lowest BCUT2D eigenvalue weighted by Gasteiger charge is -2.24. The number of ether oxygens (including phenoxy) is 1. The Morgan fingerprint density at radius 2 is 1.85 bits per heavy atom. The molecule has 0 unspecified atom stereocenters. The van der Waals surface area contributed by atoms with Crippen LogP contribution in [0.1, 0.15) is 12.0 Å².